The molecule has 2 aliphatic rings. The van der Waals surface area contributed by atoms with Crippen molar-refractivity contribution in [3.05, 3.63) is 98.9 Å². The lowest BCUT2D eigenvalue weighted by Crippen LogP contribution is -2.21. The van der Waals surface area contributed by atoms with Crippen LogP contribution in [0.3, 0.4) is 0 Å². The van der Waals surface area contributed by atoms with Gasteiger partial charge >= 0.3 is 6.36 Å². The lowest BCUT2D eigenvalue weighted by molar-refractivity contribution is -0.276. The van der Waals surface area contributed by atoms with Crippen molar-refractivity contribution in [2.24, 2.45) is 5.92 Å². The third kappa shape index (κ3) is 8.01. The molecule has 244 valence electrons. The summed E-state index contributed by atoms with van der Waals surface area (Å²) in [5.41, 5.74) is 3.08. The Morgan fingerprint density at radius 2 is 1.44 bits per heavy atom. The number of hydrogen-bond acceptors (Lipinski definition) is 1. The van der Waals surface area contributed by atoms with E-state index in [1.54, 1.807) is 6.07 Å². The summed E-state index contributed by atoms with van der Waals surface area (Å²) in [5.74, 6) is -6.32. The highest BCUT2D eigenvalue weighted by Crippen LogP contribution is 2.45. The Morgan fingerprint density at radius 3 is 2.09 bits per heavy atom. The highest BCUT2D eigenvalue weighted by atomic mass is 19.4. The highest BCUT2D eigenvalue weighted by molar-refractivity contribution is 5.40. The van der Waals surface area contributed by atoms with E-state index in [4.69, 9.17) is 0 Å². The second-order valence-electron chi connectivity index (χ2n) is 12.7. The molecule has 0 N–H and O–H groups in total. The smallest absolute Gasteiger partial charge is 0.399 e. The molecule has 3 aromatic rings. The standard InChI is InChI=1S/C36H38F8O/c1-2-3-4-5-21-6-9-24(29(37)17-21)10-7-22-8-15-28-27(16-22)20-30(38)33(34(28)41)25-13-11-23(12-14-25)26-18-31(39)35(32(40)19-26)45-36(42,43)44/h6,9,17-20,22-23,25H,2-5,7-8,10-16H2,1H3. The first kappa shape index (κ1) is 33.3. The van der Waals surface area contributed by atoms with E-state index in [1.807, 2.05) is 12.1 Å². The summed E-state index contributed by atoms with van der Waals surface area (Å²) in [7, 11) is 0. The van der Waals surface area contributed by atoms with Crippen LogP contribution in [0.5, 0.6) is 5.75 Å². The van der Waals surface area contributed by atoms with Gasteiger partial charge in [-0.15, -0.1) is 13.2 Å². The predicted octanol–water partition coefficient (Wildman–Crippen LogP) is 11.2. The molecule has 1 atom stereocenters. The number of fused-ring (bicyclic) bond motifs is 1. The van der Waals surface area contributed by atoms with Gasteiger partial charge in [0.2, 0.25) is 5.75 Å². The summed E-state index contributed by atoms with van der Waals surface area (Å²) in [6.45, 7) is 2.13. The SMILES string of the molecule is CCCCCc1ccc(CCC2CCc3c(cc(F)c(C4CCC(c5cc(F)c(OC(F)(F)F)c(F)c5)CC4)c3F)C2)c(F)c1. The van der Waals surface area contributed by atoms with Crippen LogP contribution in [-0.2, 0) is 25.7 Å². The second kappa shape index (κ2) is 14.1. The van der Waals surface area contributed by atoms with Crippen molar-refractivity contribution in [3.63, 3.8) is 0 Å². The predicted molar refractivity (Wildman–Crippen MR) is 157 cm³/mol. The van der Waals surface area contributed by atoms with E-state index in [-0.39, 0.29) is 28.8 Å². The summed E-state index contributed by atoms with van der Waals surface area (Å²) >= 11 is 0. The Balaban J connectivity index is 1.20. The molecule has 1 unspecified atom stereocenters. The minimum atomic E-state index is -5.23. The van der Waals surface area contributed by atoms with Gasteiger partial charge in [0.05, 0.1) is 0 Å². The monoisotopic (exact) mass is 638 g/mol. The lowest BCUT2D eigenvalue weighted by atomic mass is 9.74. The van der Waals surface area contributed by atoms with Crippen LogP contribution < -0.4 is 4.74 Å². The van der Waals surface area contributed by atoms with Crippen molar-refractivity contribution in [1.82, 2.24) is 0 Å². The van der Waals surface area contributed by atoms with Crippen molar-refractivity contribution in [2.75, 3.05) is 0 Å². The van der Waals surface area contributed by atoms with E-state index >= 15 is 8.78 Å². The molecule has 0 bridgehead atoms. The van der Waals surface area contributed by atoms with Crippen LogP contribution in [0.15, 0.2) is 36.4 Å². The summed E-state index contributed by atoms with van der Waals surface area (Å²) < 4.78 is 115. The molecule has 45 heavy (non-hydrogen) atoms. The van der Waals surface area contributed by atoms with E-state index in [0.717, 1.165) is 56.2 Å². The van der Waals surface area contributed by atoms with Crippen LogP contribution in [0.1, 0.15) is 110 Å². The number of aryl methyl sites for hydroxylation is 2. The molecule has 9 heteroatoms. The summed E-state index contributed by atoms with van der Waals surface area (Å²) in [5, 5.41) is 0. The third-order valence-corrected chi connectivity index (χ3v) is 9.61. The fourth-order valence-corrected chi connectivity index (χ4v) is 7.19. The van der Waals surface area contributed by atoms with Gasteiger partial charge in [0, 0.05) is 5.56 Å². The molecule has 2 aliphatic carbocycles. The van der Waals surface area contributed by atoms with Gasteiger partial charge in [-0.2, -0.15) is 0 Å². The maximum Gasteiger partial charge on any atom is 0.573 e. The Morgan fingerprint density at radius 1 is 0.756 bits per heavy atom. The number of rotatable bonds is 10. The number of benzene rings is 3. The molecule has 0 heterocycles. The van der Waals surface area contributed by atoms with Crippen LogP contribution in [0.2, 0.25) is 0 Å². The molecule has 1 fully saturated rings. The number of ether oxygens (including phenoxy) is 1. The Bertz CT molecular complexity index is 1470. The van der Waals surface area contributed by atoms with Crippen molar-refractivity contribution >= 4 is 0 Å². The van der Waals surface area contributed by atoms with Gasteiger partial charge in [0.1, 0.15) is 17.5 Å². The molecule has 0 amide bonds. The summed E-state index contributed by atoms with van der Waals surface area (Å²) in [4.78, 5) is 0. The van der Waals surface area contributed by atoms with Gasteiger partial charge in [-0.25, -0.2) is 22.0 Å². The van der Waals surface area contributed by atoms with Gasteiger partial charge in [-0.05, 0) is 140 Å². The number of halogens is 8. The van der Waals surface area contributed by atoms with Crippen molar-refractivity contribution in [2.45, 2.75) is 109 Å². The molecule has 1 nitrogen and oxygen atoms in total. The molecule has 0 radical (unpaired) electrons. The quantitative estimate of drug-likeness (QED) is 0.159. The minimum Gasteiger partial charge on any atom is -0.399 e. The van der Waals surface area contributed by atoms with Gasteiger partial charge in [0.15, 0.2) is 11.6 Å². The zero-order valence-electron chi connectivity index (χ0n) is 25.3. The van der Waals surface area contributed by atoms with Crippen molar-refractivity contribution in [3.8, 4) is 5.75 Å². The number of alkyl halides is 3. The molecule has 0 aliphatic heterocycles. The molecule has 0 spiro atoms. The lowest BCUT2D eigenvalue weighted by Gasteiger charge is -2.32. The van der Waals surface area contributed by atoms with Crippen LogP contribution in [0.25, 0.3) is 0 Å². The van der Waals surface area contributed by atoms with Crippen LogP contribution in [0, 0.1) is 35.0 Å². The number of unbranched alkanes of at least 4 members (excludes halogenated alkanes) is 2. The van der Waals surface area contributed by atoms with Crippen LogP contribution in [0.4, 0.5) is 35.1 Å². The molecule has 0 aromatic heterocycles. The average molecular weight is 639 g/mol. The fourth-order valence-electron chi connectivity index (χ4n) is 7.19. The molecule has 3 aromatic carbocycles. The third-order valence-electron chi connectivity index (χ3n) is 9.61. The topological polar surface area (TPSA) is 9.23 Å². The fraction of sp³-hybridized carbons (Fsp3) is 0.500. The van der Waals surface area contributed by atoms with Crippen molar-refractivity contribution < 1.29 is 39.9 Å². The molecule has 1 saturated carbocycles. The van der Waals surface area contributed by atoms with Gasteiger partial charge in [-0.3, -0.25) is 0 Å². The first-order valence-electron chi connectivity index (χ1n) is 15.9. The van der Waals surface area contributed by atoms with E-state index < -0.39 is 41.3 Å². The minimum absolute atomic E-state index is 0.0398. The maximum atomic E-state index is 15.8. The number of hydrogen-bond donors (Lipinski definition) is 0. The Hall–Kier alpha value is -3.10. The highest BCUT2D eigenvalue weighted by Gasteiger charge is 2.35. The Kier molecular flexibility index (Phi) is 10.4. The molecular formula is C36H38F8O. The zero-order valence-corrected chi connectivity index (χ0v) is 25.3. The van der Waals surface area contributed by atoms with Gasteiger partial charge < -0.3 is 4.74 Å². The van der Waals surface area contributed by atoms with Crippen LogP contribution >= 0.6 is 0 Å². The van der Waals surface area contributed by atoms with E-state index in [0.29, 0.717) is 61.6 Å². The second-order valence-corrected chi connectivity index (χ2v) is 12.7. The van der Waals surface area contributed by atoms with Gasteiger partial charge in [-0.1, -0.05) is 31.9 Å². The summed E-state index contributed by atoms with van der Waals surface area (Å²) in [6, 6.07) is 8.58. The molecule has 0 saturated heterocycles. The average Bonchev–Trinajstić information content (AvgIpc) is 2.98. The van der Waals surface area contributed by atoms with Crippen LogP contribution in [-0.4, -0.2) is 6.36 Å². The van der Waals surface area contributed by atoms with E-state index in [1.165, 1.54) is 6.07 Å². The van der Waals surface area contributed by atoms with Gasteiger partial charge in [0.25, 0.3) is 0 Å². The largest absolute Gasteiger partial charge is 0.573 e. The van der Waals surface area contributed by atoms with E-state index in [2.05, 4.69) is 11.7 Å². The molecule has 5 rings (SSSR count). The van der Waals surface area contributed by atoms with E-state index in [9.17, 15) is 26.3 Å². The normalized spacial score (nSPS) is 20.2. The summed E-state index contributed by atoms with van der Waals surface area (Å²) in [6.07, 6.45) is 3.40. The first-order chi connectivity index (χ1) is 21.4. The molecular weight excluding hydrogens is 600 g/mol. The first-order valence-corrected chi connectivity index (χ1v) is 15.9. The Labute approximate surface area is 259 Å². The van der Waals surface area contributed by atoms with Crippen molar-refractivity contribution in [1.29, 1.82) is 0 Å². The maximum absolute atomic E-state index is 15.8. The zero-order chi connectivity index (χ0) is 32.3.